The fourth-order valence-electron chi connectivity index (χ4n) is 1.71. The standard InChI is InChI=1S/C12H27BN2O2/c1-4-17-12(16)7-8-14-10(2)5-6-11(3)15-9-13/h10-11,14-15H,4-9,13H2,1-3H3. The van der Waals surface area contributed by atoms with Crippen molar-refractivity contribution >= 4 is 13.8 Å². The SMILES string of the molecule is BCNC(C)CCC(C)NCCC(=O)OCC. The van der Waals surface area contributed by atoms with Crippen molar-refractivity contribution < 1.29 is 9.53 Å². The van der Waals surface area contributed by atoms with Gasteiger partial charge in [0.05, 0.1) is 13.0 Å². The van der Waals surface area contributed by atoms with Crippen molar-refractivity contribution in [2.75, 3.05) is 19.6 Å². The fourth-order valence-corrected chi connectivity index (χ4v) is 1.71. The topological polar surface area (TPSA) is 50.4 Å². The summed E-state index contributed by atoms with van der Waals surface area (Å²) in [6.45, 7) is 7.36. The molecule has 0 heterocycles. The van der Waals surface area contributed by atoms with Crippen molar-refractivity contribution in [3.05, 3.63) is 0 Å². The van der Waals surface area contributed by atoms with E-state index in [1.54, 1.807) is 0 Å². The molecule has 0 rings (SSSR count). The van der Waals surface area contributed by atoms with E-state index in [9.17, 15) is 4.79 Å². The van der Waals surface area contributed by atoms with Gasteiger partial charge >= 0.3 is 5.97 Å². The van der Waals surface area contributed by atoms with Crippen LogP contribution in [0, 0.1) is 0 Å². The van der Waals surface area contributed by atoms with Crippen molar-refractivity contribution in [2.24, 2.45) is 0 Å². The fraction of sp³-hybridized carbons (Fsp3) is 0.917. The third-order valence-electron chi connectivity index (χ3n) is 2.71. The van der Waals surface area contributed by atoms with E-state index in [0.29, 0.717) is 31.7 Å². The molecule has 2 atom stereocenters. The Bertz CT molecular complexity index is 203. The smallest absolute Gasteiger partial charge is 0.307 e. The van der Waals surface area contributed by atoms with Crippen LogP contribution in [0.5, 0.6) is 0 Å². The van der Waals surface area contributed by atoms with Gasteiger partial charge in [0.25, 0.3) is 0 Å². The molecule has 0 aromatic rings. The lowest BCUT2D eigenvalue weighted by Gasteiger charge is -2.17. The van der Waals surface area contributed by atoms with Gasteiger partial charge in [-0.3, -0.25) is 4.79 Å². The van der Waals surface area contributed by atoms with E-state index in [-0.39, 0.29) is 5.97 Å². The highest BCUT2D eigenvalue weighted by Gasteiger charge is 2.06. The molecule has 5 heteroatoms. The van der Waals surface area contributed by atoms with E-state index in [0.717, 1.165) is 19.3 Å². The minimum absolute atomic E-state index is 0.117. The molecule has 2 unspecified atom stereocenters. The second-order valence-electron chi connectivity index (χ2n) is 4.45. The highest BCUT2D eigenvalue weighted by molar-refractivity contribution is 6.08. The summed E-state index contributed by atoms with van der Waals surface area (Å²) in [5, 5.41) is 6.73. The Hall–Kier alpha value is -0.545. The maximum atomic E-state index is 11.1. The first kappa shape index (κ1) is 16.5. The van der Waals surface area contributed by atoms with Gasteiger partial charge in [-0.15, -0.1) is 0 Å². The Kier molecular flexibility index (Phi) is 10.3. The lowest BCUT2D eigenvalue weighted by molar-refractivity contribution is -0.142. The molecule has 0 amide bonds. The Labute approximate surface area is 106 Å². The third-order valence-corrected chi connectivity index (χ3v) is 2.71. The van der Waals surface area contributed by atoms with Gasteiger partial charge < -0.3 is 15.4 Å². The van der Waals surface area contributed by atoms with E-state index >= 15 is 0 Å². The van der Waals surface area contributed by atoms with Crippen molar-refractivity contribution in [2.45, 2.75) is 52.1 Å². The Balaban J connectivity index is 3.46. The minimum Gasteiger partial charge on any atom is -0.466 e. The molecule has 2 N–H and O–H groups in total. The van der Waals surface area contributed by atoms with Crippen molar-refractivity contribution in [3.8, 4) is 0 Å². The molecular weight excluding hydrogens is 215 g/mol. The number of esters is 1. The molecule has 0 aliphatic carbocycles. The number of hydrogen-bond acceptors (Lipinski definition) is 4. The molecule has 0 saturated heterocycles. The number of ether oxygens (including phenoxy) is 1. The van der Waals surface area contributed by atoms with E-state index < -0.39 is 0 Å². The zero-order valence-corrected chi connectivity index (χ0v) is 11.7. The molecule has 0 radical (unpaired) electrons. The molecule has 0 aliphatic heterocycles. The molecule has 17 heavy (non-hydrogen) atoms. The van der Waals surface area contributed by atoms with Gasteiger partial charge in [0.15, 0.2) is 0 Å². The zero-order valence-electron chi connectivity index (χ0n) is 11.7. The first-order valence-electron chi connectivity index (χ1n) is 6.72. The normalized spacial score (nSPS) is 14.3. The van der Waals surface area contributed by atoms with Crippen LogP contribution in [0.1, 0.15) is 40.0 Å². The summed E-state index contributed by atoms with van der Waals surface area (Å²) in [5.74, 6) is -0.117. The summed E-state index contributed by atoms with van der Waals surface area (Å²) in [6, 6.07) is 1.01. The van der Waals surface area contributed by atoms with Gasteiger partial charge in [0.1, 0.15) is 7.85 Å². The molecule has 0 fully saturated rings. The second kappa shape index (κ2) is 10.6. The van der Waals surface area contributed by atoms with Gasteiger partial charge in [-0.1, -0.05) is 0 Å². The summed E-state index contributed by atoms with van der Waals surface area (Å²) >= 11 is 0. The lowest BCUT2D eigenvalue weighted by atomic mass is 10.1. The Morgan fingerprint density at radius 1 is 1.24 bits per heavy atom. The van der Waals surface area contributed by atoms with E-state index in [4.69, 9.17) is 4.74 Å². The highest BCUT2D eigenvalue weighted by atomic mass is 16.5. The first-order valence-corrected chi connectivity index (χ1v) is 6.72. The highest BCUT2D eigenvalue weighted by Crippen LogP contribution is 2.01. The summed E-state index contributed by atoms with van der Waals surface area (Å²) in [6.07, 6.45) is 3.76. The van der Waals surface area contributed by atoms with Crippen LogP contribution in [0.4, 0.5) is 0 Å². The van der Waals surface area contributed by atoms with Gasteiger partial charge in [-0.25, -0.2) is 0 Å². The molecule has 0 spiro atoms. The summed E-state index contributed by atoms with van der Waals surface area (Å²) in [7, 11) is 2.12. The van der Waals surface area contributed by atoms with Crippen LogP contribution in [0.25, 0.3) is 0 Å². The quantitative estimate of drug-likeness (QED) is 0.426. The Morgan fingerprint density at radius 3 is 2.35 bits per heavy atom. The zero-order chi connectivity index (χ0) is 13.1. The van der Waals surface area contributed by atoms with Crippen LogP contribution < -0.4 is 10.6 Å². The van der Waals surface area contributed by atoms with Crippen LogP contribution in [0.3, 0.4) is 0 Å². The van der Waals surface area contributed by atoms with Crippen LogP contribution >= 0.6 is 0 Å². The van der Waals surface area contributed by atoms with Crippen LogP contribution in [-0.4, -0.2) is 45.5 Å². The van der Waals surface area contributed by atoms with Crippen molar-refractivity contribution in [3.63, 3.8) is 0 Å². The van der Waals surface area contributed by atoms with Crippen LogP contribution in [-0.2, 0) is 9.53 Å². The summed E-state index contributed by atoms with van der Waals surface area (Å²) in [5.41, 5.74) is 0. The maximum Gasteiger partial charge on any atom is 0.307 e. The lowest BCUT2D eigenvalue weighted by Crippen LogP contribution is -2.32. The number of carbonyl (C=O) groups excluding carboxylic acids is 1. The predicted octanol–water partition coefficient (Wildman–Crippen LogP) is 0.267. The molecular formula is C12H27BN2O2. The number of carbonyl (C=O) groups is 1. The van der Waals surface area contributed by atoms with Gasteiger partial charge in [0, 0.05) is 18.6 Å². The average molecular weight is 242 g/mol. The number of nitrogens with one attached hydrogen (secondary N) is 2. The van der Waals surface area contributed by atoms with Crippen LogP contribution in [0.2, 0.25) is 0 Å². The summed E-state index contributed by atoms with van der Waals surface area (Å²) < 4.78 is 4.86. The molecule has 0 aromatic heterocycles. The third kappa shape index (κ3) is 10.3. The van der Waals surface area contributed by atoms with Gasteiger partial charge in [0.2, 0.25) is 0 Å². The van der Waals surface area contributed by atoms with Crippen molar-refractivity contribution in [1.29, 1.82) is 0 Å². The molecule has 0 aromatic carbocycles. The summed E-state index contributed by atoms with van der Waals surface area (Å²) in [4.78, 5) is 11.1. The number of rotatable bonds is 10. The maximum absolute atomic E-state index is 11.1. The predicted molar refractivity (Wildman–Crippen MR) is 74.0 cm³/mol. The van der Waals surface area contributed by atoms with Crippen LogP contribution in [0.15, 0.2) is 0 Å². The van der Waals surface area contributed by atoms with Gasteiger partial charge in [-0.05, 0) is 40.1 Å². The molecule has 0 bridgehead atoms. The molecule has 0 aliphatic rings. The van der Waals surface area contributed by atoms with E-state index in [1.807, 2.05) is 6.92 Å². The molecule has 4 nitrogen and oxygen atoms in total. The van der Waals surface area contributed by atoms with Crippen molar-refractivity contribution in [1.82, 2.24) is 10.6 Å². The van der Waals surface area contributed by atoms with E-state index in [2.05, 4.69) is 32.3 Å². The van der Waals surface area contributed by atoms with Gasteiger partial charge in [-0.2, -0.15) is 0 Å². The Morgan fingerprint density at radius 2 is 1.82 bits per heavy atom. The average Bonchev–Trinajstić information content (AvgIpc) is 2.27. The monoisotopic (exact) mass is 242 g/mol. The number of hydrogen-bond donors (Lipinski definition) is 2. The van der Waals surface area contributed by atoms with E-state index in [1.165, 1.54) is 0 Å². The molecule has 0 saturated carbocycles. The minimum atomic E-state index is -0.117. The second-order valence-corrected chi connectivity index (χ2v) is 4.45. The largest absolute Gasteiger partial charge is 0.466 e. The molecule has 100 valence electrons. The first-order chi connectivity index (χ1) is 8.10.